The van der Waals surface area contributed by atoms with Crippen LogP contribution in [0.3, 0.4) is 0 Å². The zero-order chi connectivity index (χ0) is 11.4. The van der Waals surface area contributed by atoms with Crippen molar-refractivity contribution in [3.63, 3.8) is 0 Å². The summed E-state index contributed by atoms with van der Waals surface area (Å²) in [4.78, 5) is 6.08. The molecule has 0 radical (unpaired) electrons. The van der Waals surface area contributed by atoms with Gasteiger partial charge in [0.05, 0.1) is 11.4 Å². The number of nitrogens with one attached hydrogen (secondary N) is 1. The lowest BCUT2D eigenvalue weighted by molar-refractivity contribution is 1.13. The summed E-state index contributed by atoms with van der Waals surface area (Å²) in [7, 11) is 4.07. The molecule has 16 heavy (non-hydrogen) atoms. The Hall–Kier alpha value is -2.03. The van der Waals surface area contributed by atoms with Gasteiger partial charge in [-0.2, -0.15) is 0 Å². The minimum absolute atomic E-state index is 1.05. The molecule has 1 aromatic heterocycles. The Kier molecular flexibility index (Phi) is 3.05. The molecule has 2 rings (SSSR count). The number of benzene rings is 1. The minimum atomic E-state index is 1.05. The van der Waals surface area contributed by atoms with Crippen LogP contribution in [-0.2, 0) is 0 Å². The van der Waals surface area contributed by atoms with Crippen LogP contribution in [0, 0.1) is 0 Å². The maximum absolute atomic E-state index is 3.99. The molecule has 0 atom stereocenters. The summed E-state index contributed by atoms with van der Waals surface area (Å²) >= 11 is 0. The van der Waals surface area contributed by atoms with E-state index in [2.05, 4.69) is 27.3 Å². The SMILES string of the molecule is CN(C)c1ccccc1Nc1ccncc1. The van der Waals surface area contributed by atoms with Crippen molar-refractivity contribution in [2.24, 2.45) is 0 Å². The van der Waals surface area contributed by atoms with E-state index >= 15 is 0 Å². The summed E-state index contributed by atoms with van der Waals surface area (Å²) in [6, 6.07) is 12.1. The van der Waals surface area contributed by atoms with Gasteiger partial charge in [-0.3, -0.25) is 4.98 Å². The predicted molar refractivity (Wildman–Crippen MR) is 68.3 cm³/mol. The normalized spacial score (nSPS) is 9.88. The predicted octanol–water partition coefficient (Wildman–Crippen LogP) is 2.89. The maximum Gasteiger partial charge on any atom is 0.0621 e. The zero-order valence-electron chi connectivity index (χ0n) is 9.51. The Labute approximate surface area is 95.7 Å². The Morgan fingerprint density at radius 3 is 2.38 bits per heavy atom. The number of para-hydroxylation sites is 2. The highest BCUT2D eigenvalue weighted by molar-refractivity contribution is 5.74. The second-order valence-electron chi connectivity index (χ2n) is 3.77. The van der Waals surface area contributed by atoms with Crippen molar-refractivity contribution in [3.05, 3.63) is 48.8 Å². The number of rotatable bonds is 3. The van der Waals surface area contributed by atoms with E-state index in [4.69, 9.17) is 0 Å². The van der Waals surface area contributed by atoms with Crippen molar-refractivity contribution in [2.75, 3.05) is 24.3 Å². The molecule has 0 fully saturated rings. The van der Waals surface area contributed by atoms with E-state index in [-0.39, 0.29) is 0 Å². The van der Waals surface area contributed by atoms with Gasteiger partial charge in [-0.25, -0.2) is 0 Å². The average Bonchev–Trinajstić information content (AvgIpc) is 2.31. The first kappa shape index (κ1) is 10.5. The molecule has 3 heteroatoms. The molecule has 0 bridgehead atoms. The van der Waals surface area contributed by atoms with Crippen molar-refractivity contribution in [3.8, 4) is 0 Å². The van der Waals surface area contributed by atoms with Gasteiger partial charge in [0.1, 0.15) is 0 Å². The van der Waals surface area contributed by atoms with Gasteiger partial charge < -0.3 is 10.2 Å². The number of nitrogens with zero attached hydrogens (tertiary/aromatic N) is 2. The fraction of sp³-hybridized carbons (Fsp3) is 0.154. The van der Waals surface area contributed by atoms with Crippen LogP contribution in [0.2, 0.25) is 0 Å². The van der Waals surface area contributed by atoms with Gasteiger partial charge in [0.15, 0.2) is 0 Å². The topological polar surface area (TPSA) is 28.2 Å². The van der Waals surface area contributed by atoms with Crippen LogP contribution in [0.1, 0.15) is 0 Å². The Bertz CT molecular complexity index is 452. The molecule has 3 nitrogen and oxygen atoms in total. The zero-order valence-corrected chi connectivity index (χ0v) is 9.51. The van der Waals surface area contributed by atoms with Gasteiger partial charge in [0.25, 0.3) is 0 Å². The third-order valence-electron chi connectivity index (χ3n) is 2.35. The van der Waals surface area contributed by atoms with Crippen LogP contribution in [0.25, 0.3) is 0 Å². The van der Waals surface area contributed by atoms with Crippen molar-refractivity contribution >= 4 is 17.1 Å². The molecule has 0 amide bonds. The maximum atomic E-state index is 3.99. The summed E-state index contributed by atoms with van der Waals surface area (Å²) in [6.45, 7) is 0. The van der Waals surface area contributed by atoms with Crippen LogP contribution >= 0.6 is 0 Å². The van der Waals surface area contributed by atoms with E-state index < -0.39 is 0 Å². The lowest BCUT2D eigenvalue weighted by Crippen LogP contribution is -2.10. The van der Waals surface area contributed by atoms with Gasteiger partial charge in [-0.05, 0) is 24.3 Å². The smallest absolute Gasteiger partial charge is 0.0621 e. The van der Waals surface area contributed by atoms with E-state index in [1.807, 2.05) is 38.4 Å². The highest BCUT2D eigenvalue weighted by atomic mass is 15.1. The molecular weight excluding hydrogens is 198 g/mol. The van der Waals surface area contributed by atoms with Gasteiger partial charge in [0, 0.05) is 32.2 Å². The van der Waals surface area contributed by atoms with E-state index in [1.54, 1.807) is 12.4 Å². The summed E-state index contributed by atoms with van der Waals surface area (Å²) < 4.78 is 0. The van der Waals surface area contributed by atoms with Crippen LogP contribution in [0.4, 0.5) is 17.1 Å². The van der Waals surface area contributed by atoms with E-state index in [1.165, 1.54) is 5.69 Å². The number of hydrogen-bond acceptors (Lipinski definition) is 3. The highest BCUT2D eigenvalue weighted by Gasteiger charge is 2.02. The number of anilines is 3. The lowest BCUT2D eigenvalue weighted by Gasteiger charge is -2.18. The molecule has 2 aromatic rings. The molecule has 82 valence electrons. The molecule has 1 aromatic carbocycles. The molecule has 0 saturated carbocycles. The second kappa shape index (κ2) is 4.66. The first-order chi connectivity index (χ1) is 7.77. The van der Waals surface area contributed by atoms with Crippen molar-refractivity contribution in [1.82, 2.24) is 4.98 Å². The Morgan fingerprint density at radius 2 is 1.69 bits per heavy atom. The Balaban J connectivity index is 2.28. The molecule has 0 aliphatic carbocycles. The largest absolute Gasteiger partial charge is 0.376 e. The number of pyridine rings is 1. The lowest BCUT2D eigenvalue weighted by atomic mass is 10.2. The van der Waals surface area contributed by atoms with E-state index in [0.717, 1.165) is 11.4 Å². The van der Waals surface area contributed by atoms with Gasteiger partial charge in [0.2, 0.25) is 0 Å². The molecule has 0 unspecified atom stereocenters. The summed E-state index contributed by atoms with van der Waals surface area (Å²) in [5.41, 5.74) is 3.31. The summed E-state index contributed by atoms with van der Waals surface area (Å²) in [5.74, 6) is 0. The average molecular weight is 213 g/mol. The summed E-state index contributed by atoms with van der Waals surface area (Å²) in [6.07, 6.45) is 3.56. The molecule has 0 aliphatic heterocycles. The molecule has 0 spiro atoms. The summed E-state index contributed by atoms with van der Waals surface area (Å²) in [5, 5.41) is 3.37. The third-order valence-corrected chi connectivity index (χ3v) is 2.35. The number of hydrogen-bond donors (Lipinski definition) is 1. The van der Waals surface area contributed by atoms with Crippen molar-refractivity contribution < 1.29 is 0 Å². The minimum Gasteiger partial charge on any atom is -0.376 e. The monoisotopic (exact) mass is 213 g/mol. The van der Waals surface area contributed by atoms with Gasteiger partial charge >= 0.3 is 0 Å². The quantitative estimate of drug-likeness (QED) is 0.849. The van der Waals surface area contributed by atoms with Crippen molar-refractivity contribution in [1.29, 1.82) is 0 Å². The molecular formula is C13H15N3. The highest BCUT2D eigenvalue weighted by Crippen LogP contribution is 2.26. The first-order valence-corrected chi connectivity index (χ1v) is 5.21. The van der Waals surface area contributed by atoms with E-state index in [9.17, 15) is 0 Å². The molecule has 1 heterocycles. The van der Waals surface area contributed by atoms with Crippen LogP contribution in [-0.4, -0.2) is 19.1 Å². The molecule has 0 aliphatic rings. The van der Waals surface area contributed by atoms with Gasteiger partial charge in [-0.1, -0.05) is 12.1 Å². The molecule has 0 saturated heterocycles. The van der Waals surface area contributed by atoms with Crippen molar-refractivity contribution in [2.45, 2.75) is 0 Å². The standard InChI is InChI=1S/C13H15N3/c1-16(2)13-6-4-3-5-12(13)15-11-7-9-14-10-8-11/h3-10H,1-2H3,(H,14,15). The van der Waals surface area contributed by atoms with E-state index in [0.29, 0.717) is 0 Å². The third kappa shape index (κ3) is 2.31. The fourth-order valence-corrected chi connectivity index (χ4v) is 1.56. The van der Waals surface area contributed by atoms with Crippen LogP contribution < -0.4 is 10.2 Å². The first-order valence-electron chi connectivity index (χ1n) is 5.21. The van der Waals surface area contributed by atoms with Crippen LogP contribution in [0.5, 0.6) is 0 Å². The Morgan fingerprint density at radius 1 is 1.00 bits per heavy atom. The fourth-order valence-electron chi connectivity index (χ4n) is 1.56. The second-order valence-corrected chi connectivity index (χ2v) is 3.77. The van der Waals surface area contributed by atoms with Gasteiger partial charge in [-0.15, -0.1) is 0 Å². The van der Waals surface area contributed by atoms with Crippen LogP contribution in [0.15, 0.2) is 48.8 Å². The molecule has 1 N–H and O–H groups in total. The number of aromatic nitrogens is 1.